The molecule has 2 nitrogen and oxygen atoms in total. The molecule has 0 spiro atoms. The molecule has 0 aromatic heterocycles. The molecule has 0 saturated carbocycles. The third kappa shape index (κ3) is 2.16. The van der Waals surface area contributed by atoms with Crippen LogP contribution in [-0.2, 0) is 5.60 Å². The van der Waals surface area contributed by atoms with E-state index in [0.717, 1.165) is 0 Å². The number of benzene rings is 2. The summed E-state index contributed by atoms with van der Waals surface area (Å²) < 4.78 is 28.6. The van der Waals surface area contributed by atoms with E-state index in [-0.39, 0.29) is 22.8 Å². The van der Waals surface area contributed by atoms with Crippen molar-refractivity contribution in [3.63, 3.8) is 0 Å². The second-order valence-electron chi connectivity index (χ2n) is 6.13. The number of rotatable bonds is 3. The molecule has 0 heterocycles. The highest BCUT2D eigenvalue weighted by molar-refractivity contribution is 7.18. The Balaban J connectivity index is 2.40. The number of carbonyl (C=O) groups is 1. The lowest BCUT2D eigenvalue weighted by molar-refractivity contribution is -0.0964. The summed E-state index contributed by atoms with van der Waals surface area (Å²) in [6.45, 7) is 3.53. The summed E-state index contributed by atoms with van der Waals surface area (Å²) in [5.41, 5.74) is -4.47. The summed E-state index contributed by atoms with van der Waals surface area (Å²) in [6.07, 6.45) is 0. The molecule has 0 fully saturated rings. The number of halogens is 2. The fraction of sp³-hybridized carbons (Fsp3) is 0.278. The molecular weight excluding hydrogens is 317 g/mol. The summed E-state index contributed by atoms with van der Waals surface area (Å²) in [5, 5.41) is 10.9. The van der Waals surface area contributed by atoms with E-state index in [9.17, 15) is 18.7 Å². The van der Waals surface area contributed by atoms with Gasteiger partial charge < -0.3 is 5.11 Å². The average Bonchev–Trinajstić information content (AvgIpc) is 2.77. The first-order valence-electron chi connectivity index (χ1n) is 7.36. The fourth-order valence-corrected chi connectivity index (χ4v) is 3.49. The molecule has 0 radical (unpaired) electrons. The van der Waals surface area contributed by atoms with E-state index in [2.05, 4.69) is 0 Å². The van der Waals surface area contributed by atoms with Gasteiger partial charge in [0.2, 0.25) is 0 Å². The Hall–Kier alpha value is -1.64. The van der Waals surface area contributed by atoms with Crippen LogP contribution in [0.5, 0.6) is 0 Å². The number of aliphatic hydroxyl groups is 1. The molecule has 0 amide bonds. The van der Waals surface area contributed by atoms with Crippen LogP contribution in [-0.4, -0.2) is 16.6 Å². The van der Waals surface area contributed by atoms with Gasteiger partial charge in [-0.3, -0.25) is 4.79 Å². The van der Waals surface area contributed by atoms with E-state index in [4.69, 9.17) is 0 Å². The highest BCUT2D eigenvalue weighted by Crippen LogP contribution is 2.57. The predicted octanol–water partition coefficient (Wildman–Crippen LogP) is 4.21. The van der Waals surface area contributed by atoms with Crippen LogP contribution in [0.15, 0.2) is 42.5 Å². The van der Waals surface area contributed by atoms with Crippen LogP contribution < -0.4 is 0 Å². The standard InChI is InChI=1S/C18H17F2O2P/c1-10(2)16(21)12-7-5-9-14-15(12)11-6-3-4-8-13(11)17(14,22)18(19,20)23/h3-10,22H,23H2,1-2H3. The first kappa shape index (κ1) is 16.2. The Morgan fingerprint density at radius 2 is 1.74 bits per heavy atom. The van der Waals surface area contributed by atoms with Gasteiger partial charge in [0.05, 0.1) is 0 Å². The van der Waals surface area contributed by atoms with E-state index >= 15 is 0 Å². The Morgan fingerprint density at radius 3 is 2.35 bits per heavy atom. The van der Waals surface area contributed by atoms with Crippen LogP contribution in [0.4, 0.5) is 8.78 Å². The summed E-state index contributed by atoms with van der Waals surface area (Å²) in [4.78, 5) is 12.5. The second-order valence-corrected chi connectivity index (χ2v) is 6.85. The number of alkyl halides is 2. The lowest BCUT2D eigenvalue weighted by Crippen LogP contribution is -2.40. The molecule has 3 rings (SSSR count). The normalized spacial score (nSPS) is 19.6. The molecule has 23 heavy (non-hydrogen) atoms. The van der Waals surface area contributed by atoms with E-state index in [1.165, 1.54) is 21.4 Å². The zero-order valence-corrected chi connectivity index (χ0v) is 14.0. The number of hydrogen-bond acceptors (Lipinski definition) is 2. The van der Waals surface area contributed by atoms with E-state index in [1.54, 1.807) is 44.2 Å². The molecule has 2 aromatic carbocycles. The van der Waals surface area contributed by atoms with Gasteiger partial charge in [0, 0.05) is 22.6 Å². The van der Waals surface area contributed by atoms with E-state index in [1.807, 2.05) is 0 Å². The largest absolute Gasteiger partial charge is 0.374 e. The first-order valence-corrected chi connectivity index (χ1v) is 7.94. The van der Waals surface area contributed by atoms with Gasteiger partial charge in [-0.05, 0) is 11.1 Å². The second kappa shape index (κ2) is 5.19. The number of ketones is 1. The van der Waals surface area contributed by atoms with Crippen LogP contribution in [0.3, 0.4) is 0 Å². The number of Topliss-reactive ketones (excluding diaryl/α,β-unsaturated/α-hetero) is 1. The van der Waals surface area contributed by atoms with Crippen molar-refractivity contribution < 1.29 is 18.7 Å². The Kier molecular flexibility index (Phi) is 3.66. The Morgan fingerprint density at radius 1 is 1.13 bits per heavy atom. The van der Waals surface area contributed by atoms with Crippen LogP contribution in [0.1, 0.15) is 35.3 Å². The summed E-state index contributed by atoms with van der Waals surface area (Å²) in [5.74, 6) is -0.396. The third-order valence-electron chi connectivity index (χ3n) is 4.31. The summed E-state index contributed by atoms with van der Waals surface area (Å²) in [6, 6.07) is 11.1. The molecular formula is C18H17F2O2P. The molecule has 2 atom stereocenters. The number of fused-ring (bicyclic) bond motifs is 3. The van der Waals surface area contributed by atoms with Crippen molar-refractivity contribution in [2.75, 3.05) is 0 Å². The molecule has 1 N–H and O–H groups in total. The number of carbonyl (C=O) groups excluding carboxylic acids is 1. The molecule has 0 aliphatic heterocycles. The third-order valence-corrected chi connectivity index (χ3v) is 4.73. The first-order chi connectivity index (χ1) is 10.7. The molecule has 0 bridgehead atoms. The van der Waals surface area contributed by atoms with Crippen LogP contribution in [0.25, 0.3) is 11.1 Å². The minimum atomic E-state index is -3.46. The minimum absolute atomic E-state index is 0.0743. The van der Waals surface area contributed by atoms with Crippen molar-refractivity contribution in [2.45, 2.75) is 25.1 Å². The SMILES string of the molecule is CC(C)C(=O)c1cccc2c1-c1ccccc1C2(O)C(F)(F)P. The molecule has 1 aliphatic rings. The van der Waals surface area contributed by atoms with Gasteiger partial charge in [0.15, 0.2) is 11.4 Å². The van der Waals surface area contributed by atoms with Crippen molar-refractivity contribution in [3.8, 4) is 11.1 Å². The topological polar surface area (TPSA) is 37.3 Å². The summed E-state index contributed by atoms with van der Waals surface area (Å²) >= 11 is 0. The van der Waals surface area contributed by atoms with Gasteiger partial charge in [0.1, 0.15) is 0 Å². The minimum Gasteiger partial charge on any atom is -0.374 e. The molecule has 120 valence electrons. The smallest absolute Gasteiger partial charge is 0.295 e. The maximum Gasteiger partial charge on any atom is 0.295 e. The van der Waals surface area contributed by atoms with Gasteiger partial charge in [-0.2, -0.15) is 8.78 Å². The summed E-state index contributed by atoms with van der Waals surface area (Å²) in [7, 11) is 1.42. The van der Waals surface area contributed by atoms with Crippen molar-refractivity contribution >= 4 is 15.0 Å². The van der Waals surface area contributed by atoms with Gasteiger partial charge in [0.25, 0.3) is 5.66 Å². The van der Waals surface area contributed by atoms with Crippen molar-refractivity contribution in [3.05, 3.63) is 59.2 Å². The highest BCUT2D eigenvalue weighted by atomic mass is 31.0. The maximum absolute atomic E-state index is 14.3. The molecule has 0 saturated heterocycles. The fourth-order valence-electron chi connectivity index (χ4n) is 3.18. The molecule has 5 heteroatoms. The van der Waals surface area contributed by atoms with Crippen LogP contribution >= 0.6 is 9.24 Å². The van der Waals surface area contributed by atoms with Gasteiger partial charge in [-0.25, -0.2) is 0 Å². The number of hydrogen-bond donors (Lipinski definition) is 1. The van der Waals surface area contributed by atoms with Crippen molar-refractivity contribution in [1.29, 1.82) is 0 Å². The van der Waals surface area contributed by atoms with E-state index < -0.39 is 11.3 Å². The van der Waals surface area contributed by atoms with Crippen LogP contribution in [0, 0.1) is 5.92 Å². The van der Waals surface area contributed by atoms with Crippen molar-refractivity contribution in [2.24, 2.45) is 5.92 Å². The average molecular weight is 334 g/mol. The van der Waals surface area contributed by atoms with Gasteiger partial charge in [-0.15, -0.1) is 0 Å². The molecule has 2 unspecified atom stereocenters. The zero-order valence-electron chi connectivity index (χ0n) is 12.8. The quantitative estimate of drug-likeness (QED) is 0.674. The van der Waals surface area contributed by atoms with Crippen LogP contribution in [0.2, 0.25) is 0 Å². The van der Waals surface area contributed by atoms with Gasteiger partial charge >= 0.3 is 0 Å². The zero-order chi connectivity index (χ0) is 17.0. The lowest BCUT2D eigenvalue weighted by atomic mass is 9.89. The molecule has 1 aliphatic carbocycles. The Labute approximate surface area is 135 Å². The van der Waals surface area contributed by atoms with Gasteiger partial charge in [-0.1, -0.05) is 65.6 Å². The monoisotopic (exact) mass is 334 g/mol. The maximum atomic E-state index is 14.3. The van der Waals surface area contributed by atoms with Crippen molar-refractivity contribution in [1.82, 2.24) is 0 Å². The lowest BCUT2D eigenvalue weighted by Gasteiger charge is -2.31. The molecule has 2 aromatic rings. The predicted molar refractivity (Wildman–Crippen MR) is 88.7 cm³/mol. The van der Waals surface area contributed by atoms with E-state index in [0.29, 0.717) is 16.7 Å². The highest BCUT2D eigenvalue weighted by Gasteiger charge is 2.57. The Bertz CT molecular complexity index is 796.